The zero-order chi connectivity index (χ0) is 11.4. The number of phenolic OH excluding ortho intramolecular Hbond substituents is 1. The fraction of sp³-hybridized carbons (Fsp3) is 0.333. The predicted octanol–water partition coefficient (Wildman–Crippen LogP) is -0.462. The molecule has 0 saturated carbocycles. The molecule has 0 heterocycles. The van der Waals surface area contributed by atoms with Crippen LogP contribution in [0.25, 0.3) is 0 Å². The van der Waals surface area contributed by atoms with Crippen LogP contribution in [0.15, 0.2) is 18.2 Å². The van der Waals surface area contributed by atoms with Gasteiger partial charge in [-0.2, -0.15) is 0 Å². The summed E-state index contributed by atoms with van der Waals surface area (Å²) in [6, 6.07) is 3.88. The molecule has 15 heavy (non-hydrogen) atoms. The van der Waals surface area contributed by atoms with Crippen LogP contribution in [-0.2, 0) is 8.57 Å². The van der Waals surface area contributed by atoms with Gasteiger partial charge in [0.1, 0.15) is 0 Å². The van der Waals surface area contributed by atoms with E-state index in [0.29, 0.717) is 0 Å². The minimum atomic E-state index is -3.04. The van der Waals surface area contributed by atoms with Gasteiger partial charge in [-0.05, 0) is 0 Å². The van der Waals surface area contributed by atoms with Gasteiger partial charge < -0.3 is 0 Å². The zero-order valence-corrected chi connectivity index (χ0v) is 9.80. The number of ether oxygens (including phenoxy) is 1. The van der Waals surface area contributed by atoms with E-state index in [2.05, 4.69) is 0 Å². The van der Waals surface area contributed by atoms with Crippen molar-refractivity contribution in [3.63, 3.8) is 0 Å². The number of phenols is 1. The van der Waals surface area contributed by atoms with Crippen LogP contribution in [0, 0.1) is 0 Å². The molecule has 2 unspecified atom stereocenters. The molecular formula is C9H12O5Se. The molecule has 0 radical (unpaired) electrons. The van der Waals surface area contributed by atoms with E-state index in [9.17, 15) is 14.0 Å². The van der Waals surface area contributed by atoms with Gasteiger partial charge in [0.25, 0.3) is 0 Å². The molecule has 0 saturated heterocycles. The van der Waals surface area contributed by atoms with Crippen molar-refractivity contribution in [3.05, 3.63) is 23.8 Å². The molecule has 1 aromatic carbocycles. The molecule has 0 bridgehead atoms. The van der Waals surface area contributed by atoms with E-state index in [-0.39, 0.29) is 22.4 Å². The predicted molar refractivity (Wildman–Crippen MR) is 53.0 cm³/mol. The molecule has 0 spiro atoms. The summed E-state index contributed by atoms with van der Waals surface area (Å²) in [7, 11) is 0. The molecule has 6 heteroatoms. The van der Waals surface area contributed by atoms with Gasteiger partial charge in [0.2, 0.25) is 0 Å². The van der Waals surface area contributed by atoms with Crippen molar-refractivity contribution in [1.82, 2.24) is 0 Å². The monoisotopic (exact) mass is 280 g/mol. The number of aliphatic hydroxyl groups is 1. The van der Waals surface area contributed by atoms with Gasteiger partial charge in [-0.25, -0.2) is 0 Å². The summed E-state index contributed by atoms with van der Waals surface area (Å²) in [5.74, 6) is -0.160. The maximum absolute atomic E-state index is 10.8. The van der Waals surface area contributed by atoms with Crippen LogP contribution in [0.3, 0.4) is 0 Å². The SMILES string of the molecule is CCOC(O)c1cc([Se](=O)O)ccc1O. The van der Waals surface area contributed by atoms with E-state index in [1.165, 1.54) is 18.2 Å². The molecule has 1 rings (SSSR count). The van der Waals surface area contributed by atoms with Crippen LogP contribution in [0.1, 0.15) is 18.8 Å². The van der Waals surface area contributed by atoms with Crippen molar-refractivity contribution in [1.29, 1.82) is 0 Å². The molecule has 0 aliphatic heterocycles. The third-order valence-corrected chi connectivity index (χ3v) is 3.17. The molecular weight excluding hydrogens is 267 g/mol. The van der Waals surface area contributed by atoms with Crippen LogP contribution in [-0.4, -0.2) is 35.2 Å². The first-order valence-electron chi connectivity index (χ1n) is 4.29. The molecule has 3 N–H and O–H groups in total. The molecule has 0 aromatic heterocycles. The summed E-state index contributed by atoms with van der Waals surface area (Å²) in [6.07, 6.45) is -1.28. The molecule has 2 atom stereocenters. The molecule has 0 amide bonds. The number of aromatic hydroxyl groups is 1. The van der Waals surface area contributed by atoms with Crippen LogP contribution in [0.2, 0.25) is 0 Å². The van der Waals surface area contributed by atoms with Gasteiger partial charge in [0.05, 0.1) is 0 Å². The second kappa shape index (κ2) is 5.34. The molecule has 0 fully saturated rings. The third kappa shape index (κ3) is 3.09. The van der Waals surface area contributed by atoms with Gasteiger partial charge in [-0.1, -0.05) is 0 Å². The first kappa shape index (κ1) is 12.3. The standard InChI is InChI=1S/C9H12O5Se/c1-2-14-9(11)7-5-6(15(12)13)3-4-8(7)10/h3-5,9-11H,2H2,1H3,(H,12,13). The van der Waals surface area contributed by atoms with Gasteiger partial charge in [-0.15, -0.1) is 0 Å². The van der Waals surface area contributed by atoms with Gasteiger partial charge in [0, 0.05) is 0 Å². The van der Waals surface area contributed by atoms with E-state index in [1.807, 2.05) is 0 Å². The van der Waals surface area contributed by atoms with Crippen LogP contribution in [0.4, 0.5) is 0 Å². The van der Waals surface area contributed by atoms with Crippen molar-refractivity contribution in [2.75, 3.05) is 6.61 Å². The topological polar surface area (TPSA) is 87.0 Å². The van der Waals surface area contributed by atoms with Gasteiger partial charge >= 0.3 is 90.9 Å². The van der Waals surface area contributed by atoms with E-state index >= 15 is 0 Å². The quantitative estimate of drug-likeness (QED) is 0.513. The Kier molecular flexibility index (Phi) is 4.38. The van der Waals surface area contributed by atoms with Crippen LogP contribution in [0.5, 0.6) is 5.75 Å². The summed E-state index contributed by atoms with van der Waals surface area (Å²) < 4.78 is 24.8. The summed E-state index contributed by atoms with van der Waals surface area (Å²) in [6.45, 7) is 1.97. The van der Waals surface area contributed by atoms with Crippen LogP contribution >= 0.6 is 0 Å². The number of rotatable bonds is 4. The van der Waals surface area contributed by atoms with Crippen molar-refractivity contribution in [2.45, 2.75) is 13.2 Å². The van der Waals surface area contributed by atoms with E-state index in [4.69, 9.17) is 8.93 Å². The summed E-state index contributed by atoms with van der Waals surface area (Å²) in [5, 5.41) is 18.9. The fourth-order valence-electron chi connectivity index (χ4n) is 1.09. The van der Waals surface area contributed by atoms with Crippen molar-refractivity contribution in [2.24, 2.45) is 0 Å². The van der Waals surface area contributed by atoms with Gasteiger partial charge in [-0.3, -0.25) is 0 Å². The Morgan fingerprint density at radius 1 is 1.53 bits per heavy atom. The second-order valence-electron chi connectivity index (χ2n) is 2.78. The molecule has 84 valence electrons. The normalized spacial score (nSPS) is 14.9. The minimum absolute atomic E-state index is 0.105. The van der Waals surface area contributed by atoms with Crippen LogP contribution < -0.4 is 4.46 Å². The zero-order valence-electron chi connectivity index (χ0n) is 8.08. The Balaban J connectivity index is 3.04. The average molecular weight is 279 g/mol. The maximum atomic E-state index is 10.8. The Labute approximate surface area is 91.3 Å². The molecule has 1 aromatic rings. The number of hydrogen-bond donors (Lipinski definition) is 3. The number of benzene rings is 1. The van der Waals surface area contributed by atoms with E-state index < -0.39 is 20.5 Å². The summed E-state index contributed by atoms with van der Waals surface area (Å²) in [4.78, 5) is 0. The average Bonchev–Trinajstić information content (AvgIpc) is 2.18. The number of hydrogen-bond acceptors (Lipinski definition) is 4. The molecule has 5 nitrogen and oxygen atoms in total. The Morgan fingerprint density at radius 2 is 2.20 bits per heavy atom. The number of aliphatic hydroxyl groups excluding tert-OH is 1. The van der Waals surface area contributed by atoms with Crippen molar-refractivity contribution in [3.8, 4) is 5.75 Å². The fourth-order valence-corrected chi connectivity index (χ4v) is 1.95. The molecule has 0 aliphatic rings. The Hall–Kier alpha value is -0.781. The van der Waals surface area contributed by atoms with Crippen molar-refractivity contribution < 1.29 is 23.0 Å². The Morgan fingerprint density at radius 3 is 2.73 bits per heavy atom. The van der Waals surface area contributed by atoms with E-state index in [1.54, 1.807) is 6.92 Å². The van der Waals surface area contributed by atoms with Crippen molar-refractivity contribution >= 4 is 18.6 Å². The molecule has 0 aliphatic carbocycles. The van der Waals surface area contributed by atoms with E-state index in [0.717, 1.165) is 0 Å². The van der Waals surface area contributed by atoms with Gasteiger partial charge in [0.15, 0.2) is 0 Å². The first-order chi connectivity index (χ1) is 7.06. The second-order valence-corrected chi connectivity index (χ2v) is 4.81. The Bertz CT molecular complexity index is 366. The first-order valence-corrected chi connectivity index (χ1v) is 6.62. The summed E-state index contributed by atoms with van der Waals surface area (Å²) >= 11 is -3.04. The third-order valence-electron chi connectivity index (χ3n) is 1.79. The summed E-state index contributed by atoms with van der Waals surface area (Å²) in [5.41, 5.74) is 0.105.